The lowest BCUT2D eigenvalue weighted by Crippen LogP contribution is -2.27. The van der Waals surface area contributed by atoms with Crippen molar-refractivity contribution in [2.75, 3.05) is 6.54 Å². The number of hydrogen-bond donors (Lipinski definition) is 0. The number of rotatable bonds is 2. The summed E-state index contributed by atoms with van der Waals surface area (Å²) in [6.45, 7) is 4.04. The average molecular weight is 213 g/mol. The highest BCUT2D eigenvalue weighted by molar-refractivity contribution is 6.51. The van der Waals surface area contributed by atoms with Crippen molar-refractivity contribution < 1.29 is 9.59 Å². The molecule has 0 N–H and O–H groups in total. The zero-order chi connectivity index (χ0) is 11.5. The van der Waals surface area contributed by atoms with Crippen LogP contribution < -0.4 is 0 Å². The van der Waals surface area contributed by atoms with Crippen molar-refractivity contribution in [1.29, 1.82) is 0 Å². The number of nitrogens with zero attached hydrogens (tertiary/aromatic N) is 1. The van der Waals surface area contributed by atoms with Crippen LogP contribution in [0.1, 0.15) is 22.3 Å². The fourth-order valence-corrected chi connectivity index (χ4v) is 1.73. The van der Waals surface area contributed by atoms with Gasteiger partial charge in [-0.25, -0.2) is 0 Å². The van der Waals surface area contributed by atoms with Crippen molar-refractivity contribution in [3.63, 3.8) is 0 Å². The Morgan fingerprint density at radius 1 is 1.25 bits per heavy atom. The number of benzene rings is 1. The molecule has 0 bridgehead atoms. The van der Waals surface area contributed by atoms with Gasteiger partial charge >= 0.3 is 0 Å². The molecule has 80 valence electrons. The monoisotopic (exact) mass is 213 g/mol. The highest BCUT2D eigenvalue weighted by atomic mass is 16.2. The molecular formula is C13H11NO2. The molecule has 0 unspecified atom stereocenters. The Morgan fingerprint density at radius 2 is 1.94 bits per heavy atom. The van der Waals surface area contributed by atoms with E-state index in [1.165, 1.54) is 0 Å². The zero-order valence-corrected chi connectivity index (χ0v) is 8.77. The van der Waals surface area contributed by atoms with E-state index in [-0.39, 0.29) is 12.2 Å². The molecule has 2 rings (SSSR count). The lowest BCUT2D eigenvalue weighted by atomic mass is 9.88. The van der Waals surface area contributed by atoms with Gasteiger partial charge in [0.15, 0.2) is 0 Å². The van der Waals surface area contributed by atoms with Crippen molar-refractivity contribution in [2.45, 2.75) is 6.42 Å². The summed E-state index contributed by atoms with van der Waals surface area (Å²) >= 11 is 0. The predicted octanol–water partition coefficient (Wildman–Crippen LogP) is 1.82. The molecule has 0 saturated carbocycles. The van der Waals surface area contributed by atoms with Gasteiger partial charge in [-0.3, -0.25) is 14.6 Å². The van der Waals surface area contributed by atoms with E-state index in [0.717, 1.165) is 5.56 Å². The van der Waals surface area contributed by atoms with Crippen LogP contribution in [0.2, 0.25) is 0 Å². The number of carbonyl (C=O) groups excluding carboxylic acids is 2. The third-order valence-corrected chi connectivity index (χ3v) is 2.48. The number of hydrogen-bond acceptors (Lipinski definition) is 3. The smallest absolute Gasteiger partial charge is 0.229 e. The summed E-state index contributed by atoms with van der Waals surface area (Å²) in [5.74, 6) is -0.797. The summed E-state index contributed by atoms with van der Waals surface area (Å²) < 4.78 is 0. The molecule has 1 aromatic rings. The molecule has 0 saturated heterocycles. The molecule has 0 aromatic heterocycles. The first kappa shape index (κ1) is 10.5. The van der Waals surface area contributed by atoms with E-state index in [9.17, 15) is 9.59 Å². The van der Waals surface area contributed by atoms with E-state index < -0.39 is 5.78 Å². The fraction of sp³-hybridized carbons (Fsp3) is 0.154. The van der Waals surface area contributed by atoms with Gasteiger partial charge in [0, 0.05) is 11.1 Å². The van der Waals surface area contributed by atoms with E-state index in [0.29, 0.717) is 17.8 Å². The number of fused-ring (bicyclic) bond motifs is 1. The normalized spacial score (nSPS) is 17.4. The second-order valence-electron chi connectivity index (χ2n) is 3.55. The van der Waals surface area contributed by atoms with Crippen LogP contribution in [-0.4, -0.2) is 23.8 Å². The summed E-state index contributed by atoms with van der Waals surface area (Å²) in [6.07, 6.45) is 1.76. The van der Waals surface area contributed by atoms with Gasteiger partial charge < -0.3 is 0 Å². The van der Waals surface area contributed by atoms with Gasteiger partial charge in [0.2, 0.25) is 11.6 Å². The van der Waals surface area contributed by atoms with Gasteiger partial charge in [-0.1, -0.05) is 30.3 Å². The minimum atomic E-state index is -0.409. The number of aliphatic imine (C=N–C) groups is 1. The van der Waals surface area contributed by atoms with Crippen LogP contribution in [0, 0.1) is 0 Å². The fourth-order valence-electron chi connectivity index (χ4n) is 1.73. The van der Waals surface area contributed by atoms with E-state index in [4.69, 9.17) is 0 Å². The summed E-state index contributed by atoms with van der Waals surface area (Å²) in [4.78, 5) is 27.3. The molecule has 0 fully saturated rings. The minimum Gasteiger partial charge on any atom is -0.290 e. The van der Waals surface area contributed by atoms with Gasteiger partial charge in [-0.05, 0) is 0 Å². The lowest BCUT2D eigenvalue weighted by Gasteiger charge is -2.15. The van der Waals surface area contributed by atoms with Crippen molar-refractivity contribution in [1.82, 2.24) is 0 Å². The SMILES string of the molecule is C=CCN=C1CC(=O)C(=O)c2ccccc21. The topological polar surface area (TPSA) is 46.5 Å². The maximum Gasteiger partial charge on any atom is 0.229 e. The molecule has 1 aliphatic rings. The van der Waals surface area contributed by atoms with Gasteiger partial charge in [-0.2, -0.15) is 0 Å². The van der Waals surface area contributed by atoms with Crippen molar-refractivity contribution in [3.05, 3.63) is 48.0 Å². The summed E-state index contributed by atoms with van der Waals surface area (Å²) in [6, 6.07) is 7.07. The van der Waals surface area contributed by atoms with E-state index in [1.54, 1.807) is 18.2 Å². The van der Waals surface area contributed by atoms with Crippen LogP contribution in [0.25, 0.3) is 0 Å². The van der Waals surface area contributed by atoms with E-state index in [1.807, 2.05) is 12.1 Å². The molecule has 0 radical (unpaired) electrons. The number of Topliss-reactive ketones (excluding diaryl/α,β-unsaturated/α-hetero) is 2. The van der Waals surface area contributed by atoms with E-state index in [2.05, 4.69) is 11.6 Å². The third kappa shape index (κ3) is 1.72. The van der Waals surface area contributed by atoms with Gasteiger partial charge in [0.05, 0.1) is 18.7 Å². The van der Waals surface area contributed by atoms with Crippen LogP contribution >= 0.6 is 0 Å². The Hall–Kier alpha value is -2.03. The minimum absolute atomic E-state index is 0.101. The average Bonchev–Trinajstić information content (AvgIpc) is 2.32. The molecule has 0 aliphatic heterocycles. The number of ketones is 2. The Balaban J connectivity index is 2.53. The van der Waals surface area contributed by atoms with Crippen LogP contribution in [-0.2, 0) is 4.79 Å². The second kappa shape index (κ2) is 4.23. The quantitative estimate of drug-likeness (QED) is 0.555. The zero-order valence-electron chi connectivity index (χ0n) is 8.77. The molecule has 0 atom stereocenters. The summed E-state index contributed by atoms with van der Waals surface area (Å²) in [7, 11) is 0. The van der Waals surface area contributed by atoms with Crippen molar-refractivity contribution in [3.8, 4) is 0 Å². The largest absolute Gasteiger partial charge is 0.290 e. The molecule has 1 aliphatic carbocycles. The Bertz CT molecular complexity index is 500. The standard InChI is InChI=1S/C13H11NO2/c1-2-7-14-11-8-12(15)13(16)10-6-4-3-5-9(10)11/h2-6H,1,7-8H2. The van der Waals surface area contributed by atoms with Gasteiger partial charge in [0.25, 0.3) is 0 Å². The Kier molecular flexibility index (Phi) is 2.77. The van der Waals surface area contributed by atoms with Crippen molar-refractivity contribution >= 4 is 17.3 Å². The molecular weight excluding hydrogens is 202 g/mol. The third-order valence-electron chi connectivity index (χ3n) is 2.48. The van der Waals surface area contributed by atoms with Gasteiger partial charge in [-0.15, -0.1) is 6.58 Å². The van der Waals surface area contributed by atoms with Crippen LogP contribution in [0.5, 0.6) is 0 Å². The second-order valence-corrected chi connectivity index (χ2v) is 3.55. The first-order valence-corrected chi connectivity index (χ1v) is 5.05. The molecule has 0 spiro atoms. The van der Waals surface area contributed by atoms with Crippen molar-refractivity contribution in [2.24, 2.45) is 4.99 Å². The molecule has 0 amide bonds. The van der Waals surface area contributed by atoms with Crippen LogP contribution in [0.15, 0.2) is 41.9 Å². The number of carbonyl (C=O) groups is 2. The Labute approximate surface area is 93.5 Å². The van der Waals surface area contributed by atoms with Gasteiger partial charge in [0.1, 0.15) is 0 Å². The summed E-state index contributed by atoms with van der Waals surface area (Å²) in [5.41, 5.74) is 1.91. The Morgan fingerprint density at radius 3 is 2.62 bits per heavy atom. The maximum absolute atomic E-state index is 11.6. The molecule has 0 heterocycles. The molecule has 3 nitrogen and oxygen atoms in total. The molecule has 1 aromatic carbocycles. The van der Waals surface area contributed by atoms with E-state index >= 15 is 0 Å². The maximum atomic E-state index is 11.6. The highest BCUT2D eigenvalue weighted by Gasteiger charge is 2.28. The molecule has 3 heteroatoms. The lowest BCUT2D eigenvalue weighted by molar-refractivity contribution is -0.114. The first-order chi connectivity index (χ1) is 7.74. The first-order valence-electron chi connectivity index (χ1n) is 5.05. The highest BCUT2D eigenvalue weighted by Crippen LogP contribution is 2.19. The van der Waals surface area contributed by atoms with Crippen LogP contribution in [0.3, 0.4) is 0 Å². The predicted molar refractivity (Wildman–Crippen MR) is 62.0 cm³/mol. The summed E-state index contributed by atoms with van der Waals surface area (Å²) in [5, 5.41) is 0. The molecule has 16 heavy (non-hydrogen) atoms. The van der Waals surface area contributed by atoms with Crippen LogP contribution in [0.4, 0.5) is 0 Å².